The molecule has 0 heterocycles. The van der Waals surface area contributed by atoms with Crippen molar-refractivity contribution >= 4 is 0 Å². The van der Waals surface area contributed by atoms with Crippen molar-refractivity contribution in [3.8, 4) is 0 Å². The fourth-order valence-corrected chi connectivity index (χ4v) is 17.0. The molecule has 36 heavy (non-hydrogen) atoms. The average molecular weight is 487 g/mol. The fourth-order valence-electron chi connectivity index (χ4n) is 17.0. The lowest BCUT2D eigenvalue weighted by atomic mass is 9.28. The molecule has 10 aliphatic carbocycles. The lowest BCUT2D eigenvalue weighted by molar-refractivity contribution is -0.289. The minimum absolute atomic E-state index is 1.17. The summed E-state index contributed by atoms with van der Waals surface area (Å²) in [6, 6.07) is 0. The van der Waals surface area contributed by atoms with Crippen molar-refractivity contribution in [1.82, 2.24) is 0 Å². The van der Waals surface area contributed by atoms with Gasteiger partial charge < -0.3 is 0 Å². The molecule has 12 unspecified atom stereocenters. The van der Waals surface area contributed by atoms with Crippen molar-refractivity contribution in [3.63, 3.8) is 0 Å². The molecule has 0 saturated heterocycles. The van der Waals surface area contributed by atoms with Crippen LogP contribution in [0.15, 0.2) is 0 Å². The van der Waals surface area contributed by atoms with E-state index in [-0.39, 0.29) is 0 Å². The third-order valence-electron chi connectivity index (χ3n) is 17.1. The Morgan fingerprint density at radius 1 is 0.167 bits per heavy atom. The molecule has 0 aromatic rings. The van der Waals surface area contributed by atoms with Gasteiger partial charge in [-0.2, -0.15) is 0 Å². The molecule has 0 spiro atoms. The minimum Gasteiger partial charge on any atom is -0.0530 e. The zero-order chi connectivity index (χ0) is 23.1. The maximum Gasteiger partial charge on any atom is -0.0315 e. The summed E-state index contributed by atoms with van der Waals surface area (Å²) in [6.45, 7) is 0. The van der Waals surface area contributed by atoms with Gasteiger partial charge in [0.05, 0.1) is 0 Å². The second-order valence-electron chi connectivity index (χ2n) is 17.0. The molecule has 10 rings (SSSR count). The molecule has 10 fully saturated rings. The summed E-state index contributed by atoms with van der Waals surface area (Å²) < 4.78 is 0. The Bertz CT molecular complexity index is 690. The number of hydrogen-bond donors (Lipinski definition) is 0. The van der Waals surface area contributed by atoms with Crippen LogP contribution in [0, 0.1) is 107 Å². The molecule has 12 atom stereocenters. The van der Waals surface area contributed by atoms with E-state index in [2.05, 4.69) is 0 Å². The molecule has 0 amide bonds. The third-order valence-corrected chi connectivity index (χ3v) is 17.1. The van der Waals surface area contributed by atoms with Gasteiger partial charge in [0.25, 0.3) is 0 Å². The average Bonchev–Trinajstić information content (AvgIpc) is 2.96. The molecule has 0 bridgehead atoms. The molecular weight excluding hydrogens is 432 g/mol. The highest BCUT2D eigenvalue weighted by atomic mass is 14.8. The molecule has 0 aliphatic heterocycles. The quantitative estimate of drug-likeness (QED) is 0.320. The van der Waals surface area contributed by atoms with E-state index in [0.717, 1.165) is 0 Å². The Labute approximate surface area is 221 Å². The summed E-state index contributed by atoms with van der Waals surface area (Å²) in [4.78, 5) is 0. The monoisotopic (exact) mass is 486 g/mol. The summed E-state index contributed by atoms with van der Waals surface area (Å²) >= 11 is 0. The summed E-state index contributed by atoms with van der Waals surface area (Å²) in [7, 11) is 0. The molecule has 0 aromatic carbocycles. The van der Waals surface area contributed by atoms with Crippen molar-refractivity contribution < 1.29 is 0 Å². The van der Waals surface area contributed by atoms with Crippen LogP contribution < -0.4 is 0 Å². The number of fused-ring (bicyclic) bond motifs is 9. The first-order valence-electron chi connectivity index (χ1n) is 17.9. The van der Waals surface area contributed by atoms with Crippen molar-refractivity contribution in [2.75, 3.05) is 0 Å². The van der Waals surface area contributed by atoms with Gasteiger partial charge in [0, 0.05) is 0 Å². The summed E-state index contributed by atoms with van der Waals surface area (Å²) in [5, 5.41) is 0. The Kier molecular flexibility index (Phi) is 4.72. The minimum atomic E-state index is 1.17. The van der Waals surface area contributed by atoms with Crippen molar-refractivity contribution in [3.05, 3.63) is 0 Å². The zero-order valence-corrected chi connectivity index (χ0v) is 23.1. The molecule has 10 saturated carbocycles. The van der Waals surface area contributed by atoms with Gasteiger partial charge in [-0.1, -0.05) is 38.5 Å². The normalized spacial score (nSPS) is 66.0. The summed E-state index contributed by atoms with van der Waals surface area (Å²) in [5.41, 5.74) is 0. The van der Waals surface area contributed by atoms with Gasteiger partial charge in [0.2, 0.25) is 0 Å². The highest BCUT2D eigenvalue weighted by molar-refractivity contribution is 5.20. The predicted octanol–water partition coefficient (Wildman–Crippen LogP) is 9.24. The van der Waals surface area contributed by atoms with E-state index < -0.39 is 0 Å². The van der Waals surface area contributed by atoms with Crippen LogP contribution in [0.25, 0.3) is 0 Å². The maximum absolute atomic E-state index is 1.69. The molecule has 0 N–H and O–H groups in total. The number of hydrogen-bond acceptors (Lipinski definition) is 0. The van der Waals surface area contributed by atoms with E-state index in [0.29, 0.717) is 0 Å². The van der Waals surface area contributed by atoms with E-state index >= 15 is 0 Å². The van der Waals surface area contributed by atoms with Crippen LogP contribution in [0.2, 0.25) is 0 Å². The Morgan fingerprint density at radius 3 is 0.500 bits per heavy atom. The second kappa shape index (κ2) is 7.80. The van der Waals surface area contributed by atoms with Crippen LogP contribution in [0.3, 0.4) is 0 Å². The van der Waals surface area contributed by atoms with Gasteiger partial charge in [-0.25, -0.2) is 0 Å². The van der Waals surface area contributed by atoms with Gasteiger partial charge in [0.15, 0.2) is 0 Å². The van der Waals surface area contributed by atoms with Crippen molar-refractivity contribution in [2.45, 2.75) is 116 Å². The van der Waals surface area contributed by atoms with Crippen LogP contribution in [0.5, 0.6) is 0 Å². The molecule has 0 nitrogen and oxygen atoms in total. The Balaban J connectivity index is 1.16. The van der Waals surface area contributed by atoms with E-state index in [1.807, 2.05) is 0 Å². The van der Waals surface area contributed by atoms with E-state index in [9.17, 15) is 0 Å². The Morgan fingerprint density at radius 2 is 0.333 bits per heavy atom. The van der Waals surface area contributed by atoms with Crippen molar-refractivity contribution in [1.29, 1.82) is 0 Å². The first-order chi connectivity index (χ1) is 17.9. The lowest BCUT2D eigenvalue weighted by Crippen LogP contribution is -2.71. The van der Waals surface area contributed by atoms with E-state index in [4.69, 9.17) is 0 Å². The zero-order valence-electron chi connectivity index (χ0n) is 23.1. The van der Waals surface area contributed by atoms with Crippen LogP contribution in [-0.2, 0) is 0 Å². The fraction of sp³-hybridized carbons (Fsp3) is 1.00. The largest absolute Gasteiger partial charge is 0.0530 e. The molecular formula is C36H54. The first kappa shape index (κ1) is 21.8. The topological polar surface area (TPSA) is 0 Å². The smallest absolute Gasteiger partial charge is 0.0315 e. The maximum atomic E-state index is 1.69. The van der Waals surface area contributed by atoms with Crippen LogP contribution in [-0.4, -0.2) is 0 Å². The Hall–Kier alpha value is 0. The highest BCUT2D eigenvalue weighted by Crippen LogP contribution is 2.78. The standard InChI is InChI=1S/C36H54/c1-2-8-20-19(7-1)25-13-14-27-21-9-3-4-10-22(21)29-17-18-30-24-12-6-5-11-23(24)28-16-15-26(20)32-31(25)33(27)35(29)36(30)34(28)32/h19-36H,1-18H2. The van der Waals surface area contributed by atoms with Gasteiger partial charge in [-0.3, -0.25) is 0 Å². The summed E-state index contributed by atoms with van der Waals surface area (Å²) in [5.74, 6) is 21.4. The number of rotatable bonds is 0. The van der Waals surface area contributed by atoms with E-state index in [1.165, 1.54) is 107 Å². The van der Waals surface area contributed by atoms with Gasteiger partial charge in [-0.05, 0) is 184 Å². The molecule has 10 aliphatic rings. The highest BCUT2D eigenvalue weighted by Gasteiger charge is 2.72. The van der Waals surface area contributed by atoms with E-state index in [1.54, 1.807) is 116 Å². The van der Waals surface area contributed by atoms with Crippen LogP contribution in [0.1, 0.15) is 116 Å². The van der Waals surface area contributed by atoms with Gasteiger partial charge in [0.1, 0.15) is 0 Å². The first-order valence-corrected chi connectivity index (χ1v) is 17.9. The summed E-state index contributed by atoms with van der Waals surface area (Å²) in [6.07, 6.45) is 29.6. The van der Waals surface area contributed by atoms with Gasteiger partial charge in [-0.15, -0.1) is 0 Å². The molecule has 0 aromatic heterocycles. The van der Waals surface area contributed by atoms with Crippen LogP contribution >= 0.6 is 0 Å². The molecule has 0 heteroatoms. The van der Waals surface area contributed by atoms with Gasteiger partial charge >= 0.3 is 0 Å². The lowest BCUT2D eigenvalue weighted by Gasteiger charge is -2.77. The van der Waals surface area contributed by atoms with Crippen molar-refractivity contribution in [2.24, 2.45) is 107 Å². The molecule has 198 valence electrons. The van der Waals surface area contributed by atoms with Crippen LogP contribution in [0.4, 0.5) is 0 Å². The third kappa shape index (κ3) is 2.57. The second-order valence-corrected chi connectivity index (χ2v) is 17.0. The predicted molar refractivity (Wildman–Crippen MR) is 146 cm³/mol. The SMILES string of the molecule is C1CCC2C(C1)C1CCC3C4CCCCC4C4CCC5C6CCCCC6C6CCC2C2C1C3C4C5C62. The molecule has 0 radical (unpaired) electrons.